The monoisotopic (exact) mass is 330 g/mol. The number of hydrogen-bond donors (Lipinski definition) is 0. The molecule has 1 spiro atoms. The highest BCUT2D eigenvalue weighted by Crippen LogP contribution is 2.55. The molecule has 0 radical (unpaired) electrons. The fourth-order valence-corrected chi connectivity index (χ4v) is 6.39. The maximum atomic E-state index is 11.2. The lowest BCUT2D eigenvalue weighted by atomic mass is 9.99. The van der Waals surface area contributed by atoms with E-state index < -0.39 is 8.32 Å². The van der Waals surface area contributed by atoms with Gasteiger partial charge in [0, 0.05) is 11.7 Å². The standard InChI is InChI=1S/C16H30O3SSi/c1-12(17)18-14-9-11-16(20-14)10-7-8-13(16)19-21(5,6)15(2,3)4/h13-14H,7-11H2,1-6H3/t13-,14?,16?/m0/s1. The lowest BCUT2D eigenvalue weighted by Gasteiger charge is -2.42. The van der Waals surface area contributed by atoms with Crippen LogP contribution in [0.3, 0.4) is 0 Å². The van der Waals surface area contributed by atoms with E-state index in [-0.39, 0.29) is 21.2 Å². The van der Waals surface area contributed by atoms with Crippen molar-refractivity contribution < 1.29 is 14.0 Å². The summed E-state index contributed by atoms with van der Waals surface area (Å²) in [6.45, 7) is 13.1. The SMILES string of the molecule is CC(=O)OC1CCC2(CCC[C@@H]2O[Si](C)(C)C(C)(C)C)S1. The first-order valence-electron chi connectivity index (χ1n) is 8.09. The highest BCUT2D eigenvalue weighted by atomic mass is 32.2. The smallest absolute Gasteiger partial charge is 0.303 e. The van der Waals surface area contributed by atoms with Crippen molar-refractivity contribution in [2.45, 2.75) is 94.2 Å². The highest BCUT2D eigenvalue weighted by molar-refractivity contribution is 8.01. The molecule has 1 aliphatic carbocycles. The number of carbonyl (C=O) groups excluding carboxylic acids is 1. The van der Waals surface area contributed by atoms with Crippen LogP contribution in [0.25, 0.3) is 0 Å². The number of thioether (sulfide) groups is 1. The summed E-state index contributed by atoms with van der Waals surface area (Å²) >= 11 is 1.86. The second kappa shape index (κ2) is 5.89. The molecule has 3 nitrogen and oxygen atoms in total. The van der Waals surface area contributed by atoms with E-state index >= 15 is 0 Å². The van der Waals surface area contributed by atoms with Gasteiger partial charge in [-0.1, -0.05) is 20.8 Å². The maximum Gasteiger partial charge on any atom is 0.303 e. The quantitative estimate of drug-likeness (QED) is 0.554. The largest absolute Gasteiger partial charge is 0.451 e. The van der Waals surface area contributed by atoms with Crippen LogP contribution in [0.1, 0.15) is 59.8 Å². The fourth-order valence-electron chi connectivity index (χ4n) is 3.14. The first kappa shape index (κ1) is 17.4. The van der Waals surface area contributed by atoms with Gasteiger partial charge >= 0.3 is 5.97 Å². The number of ether oxygens (including phenoxy) is 1. The molecule has 0 aromatic heterocycles. The Morgan fingerprint density at radius 1 is 1.24 bits per heavy atom. The molecule has 1 saturated heterocycles. The fraction of sp³-hybridized carbons (Fsp3) is 0.938. The minimum Gasteiger partial charge on any atom is -0.451 e. The van der Waals surface area contributed by atoms with Gasteiger partial charge in [0.15, 0.2) is 8.32 Å². The van der Waals surface area contributed by atoms with Gasteiger partial charge in [0.2, 0.25) is 0 Å². The Balaban J connectivity index is 2.06. The molecule has 0 N–H and O–H groups in total. The number of carbonyl (C=O) groups is 1. The van der Waals surface area contributed by atoms with Crippen molar-refractivity contribution in [3.63, 3.8) is 0 Å². The van der Waals surface area contributed by atoms with E-state index in [0.29, 0.717) is 6.10 Å². The lowest BCUT2D eigenvalue weighted by Crippen LogP contribution is -2.48. The van der Waals surface area contributed by atoms with Crippen LogP contribution in [-0.4, -0.2) is 30.6 Å². The first-order valence-corrected chi connectivity index (χ1v) is 11.9. The third-order valence-corrected chi connectivity index (χ3v) is 11.6. The zero-order valence-corrected chi connectivity index (χ0v) is 16.1. The van der Waals surface area contributed by atoms with E-state index in [2.05, 4.69) is 33.9 Å². The molecule has 0 aromatic rings. The zero-order valence-electron chi connectivity index (χ0n) is 14.3. The van der Waals surface area contributed by atoms with Crippen molar-refractivity contribution in [1.82, 2.24) is 0 Å². The van der Waals surface area contributed by atoms with Crippen molar-refractivity contribution in [1.29, 1.82) is 0 Å². The van der Waals surface area contributed by atoms with Crippen LogP contribution < -0.4 is 0 Å². The Morgan fingerprint density at radius 2 is 1.90 bits per heavy atom. The molecule has 2 aliphatic rings. The predicted molar refractivity (Wildman–Crippen MR) is 91.0 cm³/mol. The van der Waals surface area contributed by atoms with E-state index in [1.807, 2.05) is 11.8 Å². The average molecular weight is 331 g/mol. The summed E-state index contributed by atoms with van der Waals surface area (Å²) in [6, 6.07) is 0. The van der Waals surface area contributed by atoms with Crippen LogP contribution in [0.4, 0.5) is 0 Å². The second-order valence-electron chi connectivity index (χ2n) is 8.02. The zero-order chi connectivity index (χ0) is 15.9. The van der Waals surface area contributed by atoms with E-state index in [9.17, 15) is 4.79 Å². The third kappa shape index (κ3) is 3.67. The molecule has 1 aliphatic heterocycles. The van der Waals surface area contributed by atoms with Crippen LogP contribution >= 0.6 is 11.8 Å². The van der Waals surface area contributed by atoms with Gasteiger partial charge in [0.05, 0.1) is 6.10 Å². The molecule has 1 saturated carbocycles. The van der Waals surface area contributed by atoms with Crippen molar-refractivity contribution in [2.24, 2.45) is 0 Å². The Labute approximate surface area is 134 Å². The molecule has 2 fully saturated rings. The van der Waals surface area contributed by atoms with Gasteiger partial charge in [-0.15, -0.1) is 11.8 Å². The number of hydrogen-bond acceptors (Lipinski definition) is 4. The Bertz CT molecular complexity index is 405. The summed E-state index contributed by atoms with van der Waals surface area (Å²) in [5, 5.41) is 0.245. The van der Waals surface area contributed by atoms with Crippen molar-refractivity contribution >= 4 is 26.0 Å². The molecule has 3 atom stereocenters. The normalized spacial score (nSPS) is 33.6. The van der Waals surface area contributed by atoms with Gasteiger partial charge in [-0.25, -0.2) is 0 Å². The molecular formula is C16H30O3SSi. The van der Waals surface area contributed by atoms with E-state index in [4.69, 9.17) is 9.16 Å². The molecule has 0 amide bonds. The van der Waals surface area contributed by atoms with Crippen molar-refractivity contribution in [3.8, 4) is 0 Å². The third-order valence-electron chi connectivity index (χ3n) is 5.36. The Hall–Kier alpha value is -0.00312. The van der Waals surface area contributed by atoms with Gasteiger partial charge < -0.3 is 9.16 Å². The predicted octanol–water partition coefficient (Wildman–Crippen LogP) is 4.72. The summed E-state index contributed by atoms with van der Waals surface area (Å²) in [4.78, 5) is 11.2. The molecule has 2 rings (SSSR count). The van der Waals surface area contributed by atoms with Gasteiger partial charge in [-0.05, 0) is 50.2 Å². The summed E-state index contributed by atoms with van der Waals surface area (Å²) in [5.74, 6) is -0.163. The molecule has 0 bridgehead atoms. The summed E-state index contributed by atoms with van der Waals surface area (Å²) < 4.78 is 12.3. The summed E-state index contributed by atoms with van der Waals surface area (Å²) in [6.07, 6.45) is 6.03. The first-order chi connectivity index (χ1) is 9.56. The topological polar surface area (TPSA) is 35.5 Å². The molecule has 122 valence electrons. The molecule has 5 heteroatoms. The van der Waals surface area contributed by atoms with E-state index in [1.165, 1.54) is 19.8 Å². The minimum atomic E-state index is -1.74. The van der Waals surface area contributed by atoms with Crippen LogP contribution in [0.5, 0.6) is 0 Å². The van der Waals surface area contributed by atoms with Gasteiger partial charge in [0.1, 0.15) is 5.44 Å². The Morgan fingerprint density at radius 3 is 2.48 bits per heavy atom. The van der Waals surface area contributed by atoms with Crippen LogP contribution in [-0.2, 0) is 14.0 Å². The summed E-state index contributed by atoms with van der Waals surface area (Å²) in [5.41, 5.74) is 0.0334. The molecule has 2 unspecified atom stereocenters. The molecule has 21 heavy (non-hydrogen) atoms. The molecular weight excluding hydrogens is 300 g/mol. The number of rotatable bonds is 3. The van der Waals surface area contributed by atoms with Gasteiger partial charge in [-0.3, -0.25) is 4.79 Å². The van der Waals surface area contributed by atoms with Crippen LogP contribution in [0.15, 0.2) is 0 Å². The Kier molecular flexibility index (Phi) is 4.87. The average Bonchev–Trinajstić information content (AvgIpc) is 2.86. The number of esters is 1. The van der Waals surface area contributed by atoms with Crippen molar-refractivity contribution in [3.05, 3.63) is 0 Å². The van der Waals surface area contributed by atoms with E-state index in [0.717, 1.165) is 19.3 Å². The second-order valence-corrected chi connectivity index (χ2v) is 14.4. The maximum absolute atomic E-state index is 11.2. The molecule has 0 aromatic carbocycles. The van der Waals surface area contributed by atoms with Crippen molar-refractivity contribution in [2.75, 3.05) is 0 Å². The van der Waals surface area contributed by atoms with Crippen LogP contribution in [0, 0.1) is 0 Å². The molecule has 1 heterocycles. The van der Waals surface area contributed by atoms with Gasteiger partial charge in [-0.2, -0.15) is 0 Å². The lowest BCUT2D eigenvalue weighted by molar-refractivity contribution is -0.142. The van der Waals surface area contributed by atoms with Crippen LogP contribution in [0.2, 0.25) is 18.1 Å². The van der Waals surface area contributed by atoms with E-state index in [1.54, 1.807) is 0 Å². The van der Waals surface area contributed by atoms with Gasteiger partial charge in [0.25, 0.3) is 0 Å². The summed E-state index contributed by atoms with van der Waals surface area (Å²) in [7, 11) is -1.74. The minimum absolute atomic E-state index is 0.0334. The highest BCUT2D eigenvalue weighted by Gasteiger charge is 2.53.